The lowest BCUT2D eigenvalue weighted by molar-refractivity contribution is 0.173. The van der Waals surface area contributed by atoms with Crippen LogP contribution in [0, 0.1) is 6.92 Å². The Kier molecular flexibility index (Phi) is 5.82. The summed E-state index contributed by atoms with van der Waals surface area (Å²) in [6.07, 6.45) is 0. The largest absolute Gasteiger partial charge is 0.454 e. The van der Waals surface area contributed by atoms with Crippen molar-refractivity contribution >= 4 is 23.0 Å². The first-order valence-corrected chi connectivity index (χ1v) is 11.4. The summed E-state index contributed by atoms with van der Waals surface area (Å²) < 4.78 is 14.4. The average Bonchev–Trinajstić information content (AvgIpc) is 3.38. The Balaban J connectivity index is 1.22. The van der Waals surface area contributed by atoms with E-state index in [1.165, 1.54) is 5.56 Å². The van der Waals surface area contributed by atoms with Gasteiger partial charge in [0, 0.05) is 39.8 Å². The van der Waals surface area contributed by atoms with Crippen LogP contribution in [0.4, 0.5) is 5.69 Å². The molecule has 0 bridgehead atoms. The summed E-state index contributed by atoms with van der Waals surface area (Å²) in [6, 6.07) is 15.7. The van der Waals surface area contributed by atoms with Gasteiger partial charge in [-0.2, -0.15) is 0 Å². The average molecular weight is 466 g/mol. The molecule has 3 heterocycles. The van der Waals surface area contributed by atoms with Crippen molar-refractivity contribution in [2.45, 2.75) is 13.5 Å². The number of ether oxygens (including phenoxy) is 2. The molecule has 172 valence electrons. The quantitative estimate of drug-likeness (QED) is 0.595. The molecule has 8 nitrogen and oxygen atoms in total. The van der Waals surface area contributed by atoms with Gasteiger partial charge in [-0.1, -0.05) is 24.3 Å². The van der Waals surface area contributed by atoms with Crippen molar-refractivity contribution in [2.75, 3.05) is 38.3 Å². The Morgan fingerprint density at radius 2 is 1.76 bits per heavy atom. The number of anilines is 1. The first kappa shape index (κ1) is 21.5. The van der Waals surface area contributed by atoms with Gasteiger partial charge in [0.2, 0.25) is 6.79 Å². The molecule has 0 aliphatic carbocycles. The predicted molar refractivity (Wildman–Crippen MR) is 131 cm³/mol. The standard InChI is InChI=1S/C24H27N5O3S/c1-17-22(23(30)29(26(17)2)19-6-4-3-5-7-19)25-24(33)28-12-10-27(11-13-28)15-18-8-9-20-21(14-18)32-16-31-20/h3-9,14H,10-13,15-16H2,1-2H3,(H,25,33). The molecule has 0 atom stereocenters. The zero-order valence-electron chi connectivity index (χ0n) is 18.8. The fraction of sp³-hybridized carbons (Fsp3) is 0.333. The number of nitrogens with one attached hydrogen (secondary N) is 1. The van der Waals surface area contributed by atoms with E-state index in [1.807, 2.05) is 55.1 Å². The Labute approximate surface area is 197 Å². The summed E-state index contributed by atoms with van der Waals surface area (Å²) in [4.78, 5) is 17.7. The van der Waals surface area contributed by atoms with Gasteiger partial charge in [0.1, 0.15) is 5.69 Å². The number of hydrogen-bond donors (Lipinski definition) is 1. The van der Waals surface area contributed by atoms with Crippen LogP contribution in [0.2, 0.25) is 0 Å². The first-order chi connectivity index (χ1) is 16.0. The summed E-state index contributed by atoms with van der Waals surface area (Å²) in [7, 11) is 1.88. The molecule has 2 aliphatic rings. The van der Waals surface area contributed by atoms with E-state index in [0.29, 0.717) is 17.6 Å². The van der Waals surface area contributed by atoms with Gasteiger partial charge in [-0.3, -0.25) is 14.4 Å². The molecule has 1 fully saturated rings. The van der Waals surface area contributed by atoms with Crippen LogP contribution in [0.15, 0.2) is 53.3 Å². The van der Waals surface area contributed by atoms with Crippen molar-refractivity contribution in [1.29, 1.82) is 0 Å². The van der Waals surface area contributed by atoms with Crippen LogP contribution >= 0.6 is 12.2 Å². The van der Waals surface area contributed by atoms with Crippen LogP contribution in [-0.2, 0) is 13.6 Å². The van der Waals surface area contributed by atoms with Gasteiger partial charge in [0.05, 0.1) is 11.4 Å². The van der Waals surface area contributed by atoms with Crippen molar-refractivity contribution in [3.8, 4) is 17.2 Å². The highest BCUT2D eigenvalue weighted by molar-refractivity contribution is 7.80. The molecular formula is C24H27N5O3S. The van der Waals surface area contributed by atoms with E-state index in [9.17, 15) is 4.79 Å². The number of para-hydroxylation sites is 1. The highest BCUT2D eigenvalue weighted by Crippen LogP contribution is 2.32. The lowest BCUT2D eigenvalue weighted by atomic mass is 10.1. The van der Waals surface area contributed by atoms with Crippen molar-refractivity contribution < 1.29 is 9.47 Å². The van der Waals surface area contributed by atoms with Crippen LogP contribution in [0.3, 0.4) is 0 Å². The van der Waals surface area contributed by atoms with Gasteiger partial charge in [-0.15, -0.1) is 0 Å². The third-order valence-electron chi connectivity index (χ3n) is 6.29. The van der Waals surface area contributed by atoms with Gasteiger partial charge in [0.15, 0.2) is 16.6 Å². The molecule has 0 unspecified atom stereocenters. The monoisotopic (exact) mass is 465 g/mol. The summed E-state index contributed by atoms with van der Waals surface area (Å²) in [5, 5.41) is 3.81. The fourth-order valence-corrected chi connectivity index (χ4v) is 4.59. The second kappa shape index (κ2) is 8.92. The zero-order chi connectivity index (χ0) is 22.9. The molecule has 0 saturated carbocycles. The molecule has 0 amide bonds. The Hall–Kier alpha value is -3.30. The minimum atomic E-state index is -0.106. The van der Waals surface area contributed by atoms with E-state index in [-0.39, 0.29) is 5.56 Å². The van der Waals surface area contributed by atoms with Crippen LogP contribution in [0.5, 0.6) is 11.5 Å². The SMILES string of the molecule is Cc1c(NC(=S)N2CCN(Cc3ccc4c(c3)OCO4)CC2)c(=O)n(-c2ccccc2)n1C. The van der Waals surface area contributed by atoms with E-state index < -0.39 is 0 Å². The molecule has 2 aromatic carbocycles. The third kappa shape index (κ3) is 4.21. The predicted octanol–water partition coefficient (Wildman–Crippen LogP) is 2.73. The smallest absolute Gasteiger partial charge is 0.295 e. The van der Waals surface area contributed by atoms with Gasteiger partial charge in [0.25, 0.3) is 5.56 Å². The van der Waals surface area contributed by atoms with Gasteiger partial charge >= 0.3 is 0 Å². The van der Waals surface area contributed by atoms with Gasteiger partial charge < -0.3 is 19.7 Å². The maximum absolute atomic E-state index is 13.1. The van der Waals surface area contributed by atoms with E-state index >= 15 is 0 Å². The number of piperazine rings is 1. The van der Waals surface area contributed by atoms with E-state index in [1.54, 1.807) is 4.68 Å². The summed E-state index contributed by atoms with van der Waals surface area (Å²) in [5.41, 5.74) is 3.28. The minimum Gasteiger partial charge on any atom is -0.454 e. The third-order valence-corrected chi connectivity index (χ3v) is 6.65. The normalized spacial score (nSPS) is 15.6. The maximum Gasteiger partial charge on any atom is 0.295 e. The van der Waals surface area contributed by atoms with Crippen LogP contribution in [-0.4, -0.2) is 57.2 Å². The highest BCUT2D eigenvalue weighted by Gasteiger charge is 2.23. The molecule has 9 heteroatoms. The summed E-state index contributed by atoms with van der Waals surface area (Å²) >= 11 is 5.68. The van der Waals surface area contributed by atoms with Gasteiger partial charge in [-0.25, -0.2) is 4.68 Å². The van der Waals surface area contributed by atoms with Crippen LogP contribution in [0.25, 0.3) is 5.69 Å². The topological polar surface area (TPSA) is 63.9 Å². The second-order valence-electron chi connectivity index (χ2n) is 8.32. The van der Waals surface area contributed by atoms with Gasteiger partial charge in [-0.05, 0) is 49.0 Å². The fourth-order valence-electron chi connectivity index (χ4n) is 4.30. The van der Waals surface area contributed by atoms with Crippen molar-refractivity contribution in [1.82, 2.24) is 19.2 Å². The maximum atomic E-state index is 13.1. The molecule has 2 aliphatic heterocycles. The molecule has 0 radical (unpaired) electrons. The van der Waals surface area contributed by atoms with Crippen molar-refractivity contribution in [2.24, 2.45) is 7.05 Å². The molecule has 3 aromatic rings. The summed E-state index contributed by atoms with van der Waals surface area (Å²) in [5.74, 6) is 1.62. The molecule has 1 aromatic heterocycles. The van der Waals surface area contributed by atoms with Crippen LogP contribution in [0.1, 0.15) is 11.3 Å². The first-order valence-electron chi connectivity index (χ1n) is 11.0. The number of thiocarbonyl (C=S) groups is 1. The van der Waals surface area contributed by atoms with Crippen molar-refractivity contribution in [3.05, 3.63) is 70.1 Å². The van der Waals surface area contributed by atoms with E-state index in [0.717, 1.165) is 55.6 Å². The Morgan fingerprint density at radius 3 is 2.52 bits per heavy atom. The second-order valence-corrected chi connectivity index (χ2v) is 8.70. The number of fused-ring (bicyclic) bond motifs is 1. The van der Waals surface area contributed by atoms with E-state index in [4.69, 9.17) is 21.7 Å². The highest BCUT2D eigenvalue weighted by atomic mass is 32.1. The number of benzene rings is 2. The molecule has 1 saturated heterocycles. The number of nitrogens with zero attached hydrogens (tertiary/aromatic N) is 4. The molecule has 33 heavy (non-hydrogen) atoms. The lowest BCUT2D eigenvalue weighted by Crippen LogP contribution is -2.49. The molecule has 5 rings (SSSR count). The Morgan fingerprint density at radius 1 is 1.03 bits per heavy atom. The lowest BCUT2D eigenvalue weighted by Gasteiger charge is -2.36. The number of rotatable bonds is 4. The van der Waals surface area contributed by atoms with Crippen LogP contribution < -0.4 is 20.3 Å². The van der Waals surface area contributed by atoms with E-state index in [2.05, 4.69) is 27.2 Å². The molecule has 1 N–H and O–H groups in total. The molecule has 0 spiro atoms. The van der Waals surface area contributed by atoms with Crippen molar-refractivity contribution in [3.63, 3.8) is 0 Å². The zero-order valence-corrected chi connectivity index (χ0v) is 19.6. The minimum absolute atomic E-state index is 0.106. The summed E-state index contributed by atoms with van der Waals surface area (Å²) in [6.45, 7) is 6.44. The Bertz CT molecular complexity index is 1230. The number of hydrogen-bond acceptors (Lipinski definition) is 5. The number of aromatic nitrogens is 2. The molecular weight excluding hydrogens is 438 g/mol.